The maximum atomic E-state index is 12.7. The topological polar surface area (TPSA) is 69.0 Å². The summed E-state index contributed by atoms with van der Waals surface area (Å²) in [6, 6.07) is 11.3. The largest absolute Gasteiger partial charge is 0.497 e. The summed E-state index contributed by atoms with van der Waals surface area (Å²) in [6.45, 7) is 4.45. The Morgan fingerprint density at radius 1 is 1.21 bits per heavy atom. The number of nitrogens with one attached hydrogen (secondary N) is 1. The van der Waals surface area contributed by atoms with E-state index in [0.717, 1.165) is 35.5 Å². The summed E-state index contributed by atoms with van der Waals surface area (Å²) < 4.78 is 7.22. The Bertz CT molecular complexity index is 978. The molecule has 2 aromatic heterocycles. The number of fused-ring (bicyclic) bond motifs is 1. The molecular weight excluding hydrogens is 352 g/mol. The smallest absolute Gasteiger partial charge is 0.253 e. The molecule has 0 saturated carbocycles. The molecule has 1 amide bonds. The van der Waals surface area contributed by atoms with Gasteiger partial charge in [-0.15, -0.1) is 0 Å². The average molecular weight is 376 g/mol. The van der Waals surface area contributed by atoms with Gasteiger partial charge in [-0.2, -0.15) is 5.10 Å². The monoisotopic (exact) mass is 376 g/mol. The van der Waals surface area contributed by atoms with Gasteiger partial charge in [-0.1, -0.05) is 13.8 Å². The van der Waals surface area contributed by atoms with Crippen LogP contribution in [0.25, 0.3) is 5.69 Å². The molecule has 0 aliphatic heterocycles. The third-order valence-corrected chi connectivity index (χ3v) is 5.23. The molecule has 144 valence electrons. The molecule has 28 heavy (non-hydrogen) atoms. The van der Waals surface area contributed by atoms with E-state index < -0.39 is 0 Å². The number of carbonyl (C=O) groups is 1. The van der Waals surface area contributed by atoms with Crippen LogP contribution in [0.5, 0.6) is 5.75 Å². The molecular formula is C22H24N4O2. The highest BCUT2D eigenvalue weighted by Gasteiger charge is 2.36. The van der Waals surface area contributed by atoms with Gasteiger partial charge in [0.1, 0.15) is 5.75 Å². The summed E-state index contributed by atoms with van der Waals surface area (Å²) in [5.74, 6) is 0.700. The minimum Gasteiger partial charge on any atom is -0.497 e. The Kier molecular flexibility index (Phi) is 4.63. The molecule has 0 spiro atoms. The predicted octanol–water partition coefficient (Wildman–Crippen LogP) is 3.72. The normalized spacial score (nSPS) is 17.6. The van der Waals surface area contributed by atoms with Crippen LogP contribution in [-0.2, 0) is 6.42 Å². The molecule has 0 fully saturated rings. The molecule has 4 rings (SSSR count). The fourth-order valence-electron chi connectivity index (χ4n) is 3.86. The van der Waals surface area contributed by atoms with E-state index in [9.17, 15) is 4.79 Å². The lowest BCUT2D eigenvalue weighted by atomic mass is 9.74. The van der Waals surface area contributed by atoms with E-state index in [0.29, 0.717) is 5.56 Å². The van der Waals surface area contributed by atoms with Crippen LogP contribution in [0.4, 0.5) is 0 Å². The quantitative estimate of drug-likeness (QED) is 0.753. The van der Waals surface area contributed by atoms with E-state index in [4.69, 9.17) is 4.74 Å². The number of rotatable bonds is 4. The van der Waals surface area contributed by atoms with Crippen LogP contribution in [-0.4, -0.2) is 27.8 Å². The van der Waals surface area contributed by atoms with Crippen molar-refractivity contribution in [2.24, 2.45) is 5.41 Å². The minimum absolute atomic E-state index is 0.0458. The Balaban J connectivity index is 1.67. The zero-order chi connectivity index (χ0) is 19.7. The van der Waals surface area contributed by atoms with Crippen molar-refractivity contribution >= 4 is 5.91 Å². The van der Waals surface area contributed by atoms with Crippen LogP contribution in [0.1, 0.15) is 47.9 Å². The maximum Gasteiger partial charge on any atom is 0.253 e. The molecule has 0 bridgehead atoms. The number of aromatic nitrogens is 3. The average Bonchev–Trinajstić information content (AvgIpc) is 3.11. The van der Waals surface area contributed by atoms with Gasteiger partial charge < -0.3 is 10.1 Å². The Labute approximate surface area is 164 Å². The van der Waals surface area contributed by atoms with Crippen molar-refractivity contribution in [3.63, 3.8) is 0 Å². The molecule has 1 aliphatic carbocycles. The van der Waals surface area contributed by atoms with Crippen molar-refractivity contribution in [3.05, 3.63) is 71.8 Å². The zero-order valence-corrected chi connectivity index (χ0v) is 16.3. The number of ether oxygens (including phenoxy) is 1. The van der Waals surface area contributed by atoms with Crippen LogP contribution in [0.3, 0.4) is 0 Å². The van der Waals surface area contributed by atoms with Gasteiger partial charge in [0.15, 0.2) is 0 Å². The van der Waals surface area contributed by atoms with Crippen LogP contribution in [0, 0.1) is 5.41 Å². The van der Waals surface area contributed by atoms with E-state index in [1.807, 2.05) is 35.1 Å². The number of amides is 1. The van der Waals surface area contributed by atoms with Gasteiger partial charge in [0.2, 0.25) is 0 Å². The maximum absolute atomic E-state index is 12.7. The number of nitrogens with zero attached hydrogens (tertiary/aromatic N) is 3. The molecule has 1 aliphatic rings. The van der Waals surface area contributed by atoms with Crippen LogP contribution in [0.2, 0.25) is 0 Å². The van der Waals surface area contributed by atoms with Gasteiger partial charge >= 0.3 is 0 Å². The summed E-state index contributed by atoms with van der Waals surface area (Å²) in [4.78, 5) is 16.7. The lowest BCUT2D eigenvalue weighted by Crippen LogP contribution is -2.36. The standard InChI is InChI=1S/C22H24N4O2/c1-22(2)11-19(25-21(27)15-5-4-10-23-13-15)18-14-24-26(20(18)12-22)16-6-8-17(28-3)9-7-16/h4-10,13-14,19H,11-12H2,1-3H3,(H,25,27)/t19-/m1/s1. The van der Waals surface area contributed by atoms with Gasteiger partial charge in [-0.05, 0) is 54.7 Å². The highest BCUT2D eigenvalue weighted by atomic mass is 16.5. The van der Waals surface area contributed by atoms with Crippen molar-refractivity contribution in [2.45, 2.75) is 32.7 Å². The SMILES string of the molecule is COc1ccc(-n2ncc3c2CC(C)(C)C[C@H]3NC(=O)c2cccnc2)cc1. The van der Waals surface area contributed by atoms with Gasteiger partial charge in [0.05, 0.1) is 36.3 Å². The molecule has 1 aromatic carbocycles. The van der Waals surface area contributed by atoms with Crippen molar-refractivity contribution in [3.8, 4) is 11.4 Å². The van der Waals surface area contributed by atoms with E-state index in [1.54, 1.807) is 31.6 Å². The van der Waals surface area contributed by atoms with Crippen molar-refractivity contribution in [1.29, 1.82) is 0 Å². The molecule has 1 atom stereocenters. The van der Waals surface area contributed by atoms with Crippen LogP contribution >= 0.6 is 0 Å². The lowest BCUT2D eigenvalue weighted by molar-refractivity contribution is 0.0919. The number of hydrogen-bond donors (Lipinski definition) is 1. The third kappa shape index (κ3) is 3.50. The first kappa shape index (κ1) is 18.2. The number of benzene rings is 1. The highest BCUT2D eigenvalue weighted by Crippen LogP contribution is 2.41. The fraction of sp³-hybridized carbons (Fsp3) is 0.318. The van der Waals surface area contributed by atoms with Crippen molar-refractivity contribution in [1.82, 2.24) is 20.1 Å². The fourth-order valence-corrected chi connectivity index (χ4v) is 3.86. The Hall–Kier alpha value is -3.15. The van der Waals surface area contributed by atoms with E-state index in [1.165, 1.54) is 0 Å². The molecule has 0 unspecified atom stereocenters. The first-order valence-electron chi connectivity index (χ1n) is 9.39. The first-order valence-corrected chi connectivity index (χ1v) is 9.39. The van der Waals surface area contributed by atoms with Gasteiger partial charge in [-0.25, -0.2) is 4.68 Å². The molecule has 6 heteroatoms. The van der Waals surface area contributed by atoms with Crippen LogP contribution < -0.4 is 10.1 Å². The number of hydrogen-bond acceptors (Lipinski definition) is 4. The second-order valence-corrected chi connectivity index (χ2v) is 7.97. The minimum atomic E-state index is -0.112. The third-order valence-electron chi connectivity index (χ3n) is 5.23. The molecule has 2 heterocycles. The van der Waals surface area contributed by atoms with Gasteiger partial charge in [0, 0.05) is 18.0 Å². The van der Waals surface area contributed by atoms with E-state index >= 15 is 0 Å². The lowest BCUT2D eigenvalue weighted by Gasteiger charge is -2.36. The van der Waals surface area contributed by atoms with E-state index in [-0.39, 0.29) is 17.4 Å². The number of methoxy groups -OCH3 is 1. The second-order valence-electron chi connectivity index (χ2n) is 7.97. The zero-order valence-electron chi connectivity index (χ0n) is 16.3. The first-order chi connectivity index (χ1) is 13.5. The summed E-state index contributed by atoms with van der Waals surface area (Å²) in [7, 11) is 1.66. The molecule has 0 radical (unpaired) electrons. The summed E-state index contributed by atoms with van der Waals surface area (Å²) in [5.41, 5.74) is 3.81. The molecule has 1 N–H and O–H groups in total. The van der Waals surface area contributed by atoms with Crippen molar-refractivity contribution < 1.29 is 9.53 Å². The van der Waals surface area contributed by atoms with E-state index in [2.05, 4.69) is 29.2 Å². The number of pyridine rings is 1. The summed E-state index contributed by atoms with van der Waals surface area (Å²) in [6.07, 6.45) is 6.89. The Morgan fingerprint density at radius 3 is 2.68 bits per heavy atom. The number of carbonyl (C=O) groups excluding carboxylic acids is 1. The highest BCUT2D eigenvalue weighted by molar-refractivity contribution is 5.94. The second kappa shape index (κ2) is 7.11. The Morgan fingerprint density at radius 2 is 2.00 bits per heavy atom. The van der Waals surface area contributed by atoms with Gasteiger partial charge in [0.25, 0.3) is 5.91 Å². The summed E-state index contributed by atoms with van der Waals surface area (Å²) >= 11 is 0. The van der Waals surface area contributed by atoms with Crippen LogP contribution in [0.15, 0.2) is 55.0 Å². The predicted molar refractivity (Wildman–Crippen MR) is 107 cm³/mol. The summed E-state index contributed by atoms with van der Waals surface area (Å²) in [5, 5.41) is 7.81. The molecule has 0 saturated heterocycles. The molecule has 3 aromatic rings. The molecule has 6 nitrogen and oxygen atoms in total. The van der Waals surface area contributed by atoms with Crippen molar-refractivity contribution in [2.75, 3.05) is 7.11 Å². The van der Waals surface area contributed by atoms with Gasteiger partial charge in [-0.3, -0.25) is 9.78 Å².